The number of hydrogen-bond acceptors (Lipinski definition) is 4. The molecule has 0 saturated carbocycles. The molecule has 0 atom stereocenters. The van der Waals surface area contributed by atoms with E-state index in [1.165, 1.54) is 0 Å². The van der Waals surface area contributed by atoms with Gasteiger partial charge in [-0.3, -0.25) is 10.1 Å². The normalized spacial score (nSPS) is 11.4. The third-order valence-corrected chi connectivity index (χ3v) is 2.67. The van der Waals surface area contributed by atoms with Crippen molar-refractivity contribution in [3.05, 3.63) is 33.9 Å². The van der Waals surface area contributed by atoms with Crippen molar-refractivity contribution < 1.29 is 22.8 Å². The molecule has 1 aromatic carbocycles. The van der Waals surface area contributed by atoms with Crippen LogP contribution in [0, 0.1) is 10.1 Å². The molecule has 0 heterocycles. The summed E-state index contributed by atoms with van der Waals surface area (Å²) >= 11 is 0. The van der Waals surface area contributed by atoms with Crippen molar-refractivity contribution in [2.75, 3.05) is 19.7 Å². The fraction of sp³-hybridized carbons (Fsp3) is 0.538. The predicted molar refractivity (Wildman–Crippen MR) is 71.4 cm³/mol. The molecule has 0 fully saturated rings. The lowest BCUT2D eigenvalue weighted by atomic mass is 10.2. The van der Waals surface area contributed by atoms with E-state index >= 15 is 0 Å². The van der Waals surface area contributed by atoms with E-state index in [0.29, 0.717) is 19.0 Å². The molecule has 0 aromatic heterocycles. The van der Waals surface area contributed by atoms with Gasteiger partial charge < -0.3 is 10.1 Å². The van der Waals surface area contributed by atoms with Crippen molar-refractivity contribution in [3.63, 3.8) is 0 Å². The summed E-state index contributed by atoms with van der Waals surface area (Å²) in [6, 6.07) is 2.25. The van der Waals surface area contributed by atoms with E-state index in [2.05, 4.69) is 5.32 Å². The summed E-state index contributed by atoms with van der Waals surface area (Å²) in [7, 11) is 0. The molecule has 0 radical (unpaired) electrons. The van der Waals surface area contributed by atoms with Crippen LogP contribution in [-0.4, -0.2) is 24.6 Å². The Balaban J connectivity index is 2.67. The molecule has 8 heteroatoms. The summed E-state index contributed by atoms with van der Waals surface area (Å²) in [5, 5.41) is 13.9. The SMILES string of the molecule is CCCNCCCOc1ccc(C(F)(F)F)cc1[N+](=O)[O-]. The van der Waals surface area contributed by atoms with E-state index in [1.807, 2.05) is 6.92 Å². The summed E-state index contributed by atoms with van der Waals surface area (Å²) in [5.74, 6) is -0.150. The van der Waals surface area contributed by atoms with Crippen molar-refractivity contribution in [1.82, 2.24) is 5.32 Å². The van der Waals surface area contributed by atoms with Gasteiger partial charge in [-0.1, -0.05) is 6.92 Å². The molecule has 0 bridgehead atoms. The molecule has 1 aromatic rings. The van der Waals surface area contributed by atoms with Crippen LogP contribution in [0.25, 0.3) is 0 Å². The average Bonchev–Trinajstić information content (AvgIpc) is 2.41. The van der Waals surface area contributed by atoms with E-state index in [-0.39, 0.29) is 12.4 Å². The molecule has 5 nitrogen and oxygen atoms in total. The molecule has 0 aliphatic heterocycles. The van der Waals surface area contributed by atoms with Crippen LogP contribution in [0.4, 0.5) is 18.9 Å². The summed E-state index contributed by atoms with van der Waals surface area (Å²) in [5.41, 5.74) is -1.74. The topological polar surface area (TPSA) is 64.4 Å². The third kappa shape index (κ3) is 5.58. The zero-order valence-electron chi connectivity index (χ0n) is 11.6. The lowest BCUT2D eigenvalue weighted by Gasteiger charge is -2.10. The Morgan fingerprint density at radius 2 is 2.05 bits per heavy atom. The smallest absolute Gasteiger partial charge is 0.416 e. The highest BCUT2D eigenvalue weighted by Crippen LogP contribution is 2.35. The molecule has 1 N–H and O–H groups in total. The molecule has 118 valence electrons. The lowest BCUT2D eigenvalue weighted by Crippen LogP contribution is -2.18. The fourth-order valence-corrected chi connectivity index (χ4v) is 1.64. The number of nitrogens with one attached hydrogen (secondary N) is 1. The van der Waals surface area contributed by atoms with Gasteiger partial charge in [0.1, 0.15) is 0 Å². The van der Waals surface area contributed by atoms with Crippen molar-refractivity contribution in [2.45, 2.75) is 25.9 Å². The molecule has 0 amide bonds. The summed E-state index contributed by atoms with van der Waals surface area (Å²) < 4.78 is 42.7. The largest absolute Gasteiger partial charge is 0.487 e. The van der Waals surface area contributed by atoms with Gasteiger partial charge in [0.15, 0.2) is 5.75 Å². The van der Waals surface area contributed by atoms with Gasteiger partial charge in [-0.15, -0.1) is 0 Å². The van der Waals surface area contributed by atoms with Crippen LogP contribution in [-0.2, 0) is 6.18 Å². The van der Waals surface area contributed by atoms with Gasteiger partial charge in [0.25, 0.3) is 0 Å². The van der Waals surface area contributed by atoms with Gasteiger partial charge >= 0.3 is 11.9 Å². The standard InChI is InChI=1S/C13H17F3N2O3/c1-2-6-17-7-3-8-21-12-5-4-10(13(14,15)16)9-11(12)18(19)20/h4-5,9,17H,2-3,6-8H2,1H3. The van der Waals surface area contributed by atoms with E-state index in [9.17, 15) is 23.3 Å². The fourth-order valence-electron chi connectivity index (χ4n) is 1.64. The predicted octanol–water partition coefficient (Wildman–Crippen LogP) is 3.38. The Hall–Kier alpha value is -1.83. The maximum absolute atomic E-state index is 12.5. The van der Waals surface area contributed by atoms with E-state index in [1.54, 1.807) is 0 Å². The summed E-state index contributed by atoms with van der Waals surface area (Å²) in [6.45, 7) is 3.76. The van der Waals surface area contributed by atoms with Crippen molar-refractivity contribution in [3.8, 4) is 5.75 Å². The first-order chi connectivity index (χ1) is 9.86. The number of benzene rings is 1. The van der Waals surface area contributed by atoms with Crippen molar-refractivity contribution in [1.29, 1.82) is 0 Å². The number of rotatable bonds is 8. The van der Waals surface area contributed by atoms with Crippen molar-refractivity contribution in [2.24, 2.45) is 0 Å². The highest BCUT2D eigenvalue weighted by molar-refractivity contribution is 5.49. The Morgan fingerprint density at radius 3 is 2.62 bits per heavy atom. The van der Waals surface area contributed by atoms with E-state index in [0.717, 1.165) is 25.1 Å². The second kappa shape index (κ2) is 7.82. The van der Waals surface area contributed by atoms with E-state index in [4.69, 9.17) is 4.74 Å². The number of ether oxygens (including phenoxy) is 1. The third-order valence-electron chi connectivity index (χ3n) is 2.67. The highest BCUT2D eigenvalue weighted by atomic mass is 19.4. The van der Waals surface area contributed by atoms with Gasteiger partial charge in [-0.25, -0.2) is 0 Å². The van der Waals surface area contributed by atoms with Crippen LogP contribution >= 0.6 is 0 Å². The minimum atomic E-state index is -4.62. The van der Waals surface area contributed by atoms with Crippen LogP contribution in [0.15, 0.2) is 18.2 Å². The number of nitro benzene ring substituents is 1. The van der Waals surface area contributed by atoms with Gasteiger partial charge in [0.2, 0.25) is 0 Å². The molecule has 0 saturated heterocycles. The van der Waals surface area contributed by atoms with Crippen LogP contribution in [0.3, 0.4) is 0 Å². The Kier molecular flexibility index (Phi) is 6.41. The first-order valence-corrected chi connectivity index (χ1v) is 6.55. The first-order valence-electron chi connectivity index (χ1n) is 6.55. The second-order valence-corrected chi connectivity index (χ2v) is 4.39. The number of nitro groups is 1. The maximum atomic E-state index is 12.5. The van der Waals surface area contributed by atoms with Gasteiger partial charge in [-0.05, 0) is 38.1 Å². The minimum Gasteiger partial charge on any atom is -0.487 e. The van der Waals surface area contributed by atoms with Crippen LogP contribution in [0.5, 0.6) is 5.75 Å². The first kappa shape index (κ1) is 17.2. The molecule has 0 aliphatic carbocycles. The minimum absolute atomic E-state index is 0.150. The van der Waals surface area contributed by atoms with Crippen molar-refractivity contribution >= 4 is 5.69 Å². The van der Waals surface area contributed by atoms with Crippen LogP contribution in [0.2, 0.25) is 0 Å². The van der Waals surface area contributed by atoms with E-state index < -0.39 is 22.4 Å². The lowest BCUT2D eigenvalue weighted by molar-refractivity contribution is -0.386. The Morgan fingerprint density at radius 1 is 1.33 bits per heavy atom. The number of nitrogens with zero attached hydrogens (tertiary/aromatic N) is 1. The molecule has 21 heavy (non-hydrogen) atoms. The number of halogens is 3. The average molecular weight is 306 g/mol. The molecule has 0 unspecified atom stereocenters. The maximum Gasteiger partial charge on any atom is 0.416 e. The number of alkyl halides is 3. The number of hydrogen-bond donors (Lipinski definition) is 1. The molecular weight excluding hydrogens is 289 g/mol. The van der Waals surface area contributed by atoms with Gasteiger partial charge in [0.05, 0.1) is 17.1 Å². The summed E-state index contributed by atoms with van der Waals surface area (Å²) in [6.07, 6.45) is -3.02. The highest BCUT2D eigenvalue weighted by Gasteiger charge is 2.33. The quantitative estimate of drug-likeness (QED) is 0.454. The zero-order chi connectivity index (χ0) is 15.9. The monoisotopic (exact) mass is 306 g/mol. The van der Waals surface area contributed by atoms with Crippen LogP contribution < -0.4 is 10.1 Å². The molecular formula is C13H17F3N2O3. The molecule has 0 aliphatic rings. The molecule has 0 spiro atoms. The van der Waals surface area contributed by atoms with Crippen LogP contribution in [0.1, 0.15) is 25.3 Å². The van der Waals surface area contributed by atoms with Gasteiger partial charge in [-0.2, -0.15) is 13.2 Å². The Labute approximate surface area is 120 Å². The molecule has 1 rings (SSSR count). The summed E-state index contributed by atoms with van der Waals surface area (Å²) in [4.78, 5) is 9.95. The second-order valence-electron chi connectivity index (χ2n) is 4.39. The van der Waals surface area contributed by atoms with Gasteiger partial charge in [0, 0.05) is 6.07 Å². The Bertz CT molecular complexity index is 478. The zero-order valence-corrected chi connectivity index (χ0v) is 11.6.